The maximum Gasteiger partial charge on any atom is 0.417 e. The second kappa shape index (κ2) is 6.04. The zero-order chi connectivity index (χ0) is 13.8. The number of pyridine rings is 1. The van der Waals surface area contributed by atoms with Crippen LogP contribution >= 0.6 is 0 Å². The van der Waals surface area contributed by atoms with E-state index in [0.717, 1.165) is 36.0 Å². The van der Waals surface area contributed by atoms with Crippen LogP contribution in [0.2, 0.25) is 0 Å². The van der Waals surface area contributed by atoms with Gasteiger partial charge in [-0.3, -0.25) is 4.79 Å². The molecular formula is C12H17F3N2O. The van der Waals surface area contributed by atoms with Gasteiger partial charge in [0, 0.05) is 25.4 Å². The van der Waals surface area contributed by atoms with E-state index in [1.54, 1.807) is 0 Å². The van der Waals surface area contributed by atoms with Crippen LogP contribution in [-0.4, -0.2) is 29.1 Å². The lowest BCUT2D eigenvalue weighted by molar-refractivity contribution is -0.138. The highest BCUT2D eigenvalue weighted by molar-refractivity contribution is 5.13. The van der Waals surface area contributed by atoms with Crippen molar-refractivity contribution in [1.82, 2.24) is 9.47 Å². The smallest absolute Gasteiger partial charge is 0.314 e. The van der Waals surface area contributed by atoms with Crippen LogP contribution in [0.1, 0.15) is 19.4 Å². The SMILES string of the molecule is CCN(CC)CCn1cc(C(F)(F)F)ccc1=O. The van der Waals surface area contributed by atoms with Crippen molar-refractivity contribution < 1.29 is 13.2 Å². The third-order valence-electron chi connectivity index (χ3n) is 2.86. The molecule has 0 spiro atoms. The molecule has 6 heteroatoms. The topological polar surface area (TPSA) is 25.2 Å². The first kappa shape index (κ1) is 14.8. The molecule has 3 nitrogen and oxygen atoms in total. The molecule has 0 saturated heterocycles. The van der Waals surface area contributed by atoms with Crippen LogP contribution in [0.3, 0.4) is 0 Å². The molecule has 0 aliphatic heterocycles. The van der Waals surface area contributed by atoms with E-state index in [0.29, 0.717) is 6.54 Å². The van der Waals surface area contributed by atoms with Gasteiger partial charge in [0.1, 0.15) is 0 Å². The molecule has 0 aliphatic carbocycles. The van der Waals surface area contributed by atoms with Gasteiger partial charge in [-0.2, -0.15) is 13.2 Å². The lowest BCUT2D eigenvalue weighted by Gasteiger charge is -2.19. The van der Waals surface area contributed by atoms with Crippen LogP contribution in [0.5, 0.6) is 0 Å². The van der Waals surface area contributed by atoms with Gasteiger partial charge in [0.05, 0.1) is 5.56 Å². The Balaban J connectivity index is 2.85. The van der Waals surface area contributed by atoms with Crippen molar-refractivity contribution in [2.24, 2.45) is 0 Å². The molecule has 0 fully saturated rings. The van der Waals surface area contributed by atoms with Crippen molar-refractivity contribution in [2.75, 3.05) is 19.6 Å². The molecule has 1 aromatic heterocycles. The number of aromatic nitrogens is 1. The van der Waals surface area contributed by atoms with E-state index in [-0.39, 0.29) is 6.54 Å². The minimum absolute atomic E-state index is 0.268. The number of nitrogens with zero attached hydrogens (tertiary/aromatic N) is 2. The minimum Gasteiger partial charge on any atom is -0.314 e. The van der Waals surface area contributed by atoms with Crippen LogP contribution in [0.25, 0.3) is 0 Å². The van der Waals surface area contributed by atoms with E-state index in [1.807, 2.05) is 18.7 Å². The Morgan fingerprint density at radius 2 is 1.83 bits per heavy atom. The molecule has 0 aromatic carbocycles. The Bertz CT molecular complexity index is 436. The number of alkyl halides is 3. The Morgan fingerprint density at radius 1 is 1.22 bits per heavy atom. The van der Waals surface area contributed by atoms with Crippen molar-refractivity contribution in [1.29, 1.82) is 0 Å². The standard InChI is InChI=1S/C12H17F3N2O/c1-3-16(4-2)7-8-17-9-10(12(13,14)15)5-6-11(17)18/h5-6,9H,3-4,7-8H2,1-2H3. The summed E-state index contributed by atoms with van der Waals surface area (Å²) in [5.74, 6) is 0. The molecule has 0 aliphatic rings. The summed E-state index contributed by atoms with van der Waals surface area (Å²) < 4.78 is 38.6. The molecule has 0 atom stereocenters. The summed E-state index contributed by atoms with van der Waals surface area (Å²) in [5.41, 5.74) is -1.20. The molecule has 0 radical (unpaired) electrons. The summed E-state index contributed by atoms with van der Waals surface area (Å²) in [7, 11) is 0. The highest BCUT2D eigenvalue weighted by Gasteiger charge is 2.30. The summed E-state index contributed by atoms with van der Waals surface area (Å²) in [6.45, 7) is 6.39. The molecule has 18 heavy (non-hydrogen) atoms. The average Bonchev–Trinajstić information content (AvgIpc) is 2.31. The molecule has 1 heterocycles. The molecule has 0 bridgehead atoms. The van der Waals surface area contributed by atoms with Gasteiger partial charge in [0.15, 0.2) is 0 Å². The Kier molecular flexibility index (Phi) is 4.95. The second-order valence-electron chi connectivity index (χ2n) is 3.97. The highest BCUT2D eigenvalue weighted by atomic mass is 19.4. The molecule has 0 amide bonds. The number of halogens is 3. The van der Waals surface area contributed by atoms with Gasteiger partial charge in [-0.15, -0.1) is 0 Å². The second-order valence-corrected chi connectivity index (χ2v) is 3.97. The maximum absolute atomic E-state index is 12.5. The van der Waals surface area contributed by atoms with Gasteiger partial charge in [-0.1, -0.05) is 13.8 Å². The molecule has 0 saturated carbocycles. The number of hydrogen-bond acceptors (Lipinski definition) is 2. The normalized spacial score (nSPS) is 12.1. The van der Waals surface area contributed by atoms with E-state index in [2.05, 4.69) is 0 Å². The predicted octanol–water partition coefficient (Wildman–Crippen LogP) is 2.21. The van der Waals surface area contributed by atoms with Crippen LogP contribution < -0.4 is 5.56 Å². The first-order valence-electron chi connectivity index (χ1n) is 5.88. The fourth-order valence-electron chi connectivity index (χ4n) is 1.66. The van der Waals surface area contributed by atoms with Crippen molar-refractivity contribution in [3.63, 3.8) is 0 Å². The van der Waals surface area contributed by atoms with Gasteiger partial charge in [0.2, 0.25) is 0 Å². The average molecular weight is 262 g/mol. The minimum atomic E-state index is -4.41. The van der Waals surface area contributed by atoms with Gasteiger partial charge in [-0.05, 0) is 19.2 Å². The molecule has 1 rings (SSSR count). The largest absolute Gasteiger partial charge is 0.417 e. The fraction of sp³-hybridized carbons (Fsp3) is 0.583. The van der Waals surface area contributed by atoms with Crippen LogP contribution in [-0.2, 0) is 12.7 Å². The Labute approximate surface area is 104 Å². The number of hydrogen-bond donors (Lipinski definition) is 0. The predicted molar refractivity (Wildman–Crippen MR) is 63.5 cm³/mol. The number of likely N-dealkylation sites (N-methyl/N-ethyl adjacent to an activating group) is 1. The van der Waals surface area contributed by atoms with Crippen molar-refractivity contribution >= 4 is 0 Å². The van der Waals surface area contributed by atoms with Gasteiger partial charge < -0.3 is 9.47 Å². The fourth-order valence-corrected chi connectivity index (χ4v) is 1.66. The van der Waals surface area contributed by atoms with Crippen molar-refractivity contribution in [2.45, 2.75) is 26.6 Å². The first-order chi connectivity index (χ1) is 8.38. The van der Waals surface area contributed by atoms with E-state index in [9.17, 15) is 18.0 Å². The lowest BCUT2D eigenvalue weighted by Crippen LogP contribution is -2.31. The van der Waals surface area contributed by atoms with Gasteiger partial charge in [0.25, 0.3) is 5.56 Å². The summed E-state index contributed by atoms with van der Waals surface area (Å²) in [5, 5.41) is 0. The first-order valence-corrected chi connectivity index (χ1v) is 5.88. The van der Waals surface area contributed by atoms with E-state index < -0.39 is 17.3 Å². The maximum atomic E-state index is 12.5. The zero-order valence-electron chi connectivity index (χ0n) is 10.5. The molecular weight excluding hydrogens is 245 g/mol. The van der Waals surface area contributed by atoms with Crippen LogP contribution in [0.15, 0.2) is 23.1 Å². The molecule has 0 N–H and O–H groups in total. The third-order valence-corrected chi connectivity index (χ3v) is 2.86. The Hall–Kier alpha value is -1.30. The number of rotatable bonds is 5. The summed E-state index contributed by atoms with van der Waals surface area (Å²) >= 11 is 0. The van der Waals surface area contributed by atoms with E-state index in [1.165, 1.54) is 0 Å². The van der Waals surface area contributed by atoms with Crippen LogP contribution in [0, 0.1) is 0 Å². The quantitative estimate of drug-likeness (QED) is 0.813. The zero-order valence-corrected chi connectivity index (χ0v) is 10.5. The van der Waals surface area contributed by atoms with Gasteiger partial charge >= 0.3 is 6.18 Å². The molecule has 1 aromatic rings. The monoisotopic (exact) mass is 262 g/mol. The molecule has 0 unspecified atom stereocenters. The van der Waals surface area contributed by atoms with Gasteiger partial charge in [-0.25, -0.2) is 0 Å². The van der Waals surface area contributed by atoms with Crippen molar-refractivity contribution in [3.8, 4) is 0 Å². The summed E-state index contributed by atoms with van der Waals surface area (Å²) in [4.78, 5) is 13.5. The third kappa shape index (κ3) is 3.87. The Morgan fingerprint density at radius 3 is 2.33 bits per heavy atom. The summed E-state index contributed by atoms with van der Waals surface area (Å²) in [6, 6.07) is 1.78. The van der Waals surface area contributed by atoms with E-state index >= 15 is 0 Å². The van der Waals surface area contributed by atoms with Crippen molar-refractivity contribution in [3.05, 3.63) is 34.2 Å². The van der Waals surface area contributed by atoms with Crippen LogP contribution in [0.4, 0.5) is 13.2 Å². The summed E-state index contributed by atoms with van der Waals surface area (Å²) in [6.07, 6.45) is -3.53. The van der Waals surface area contributed by atoms with E-state index in [4.69, 9.17) is 0 Å². The molecule has 102 valence electrons. The highest BCUT2D eigenvalue weighted by Crippen LogP contribution is 2.27. The lowest BCUT2D eigenvalue weighted by atomic mass is 10.2.